The molecule has 16 heavy (non-hydrogen) atoms. The highest BCUT2D eigenvalue weighted by atomic mass is 15.0. The summed E-state index contributed by atoms with van der Waals surface area (Å²) in [6.45, 7) is 7.22. The monoisotopic (exact) mass is 220 g/mol. The summed E-state index contributed by atoms with van der Waals surface area (Å²) in [5.41, 5.74) is 7.34. The van der Waals surface area contributed by atoms with Crippen molar-refractivity contribution in [1.82, 2.24) is 5.32 Å². The molecule has 1 aromatic carbocycles. The summed E-state index contributed by atoms with van der Waals surface area (Å²) in [5.74, 6) is 0. The van der Waals surface area contributed by atoms with Crippen LogP contribution in [0.4, 0.5) is 0 Å². The Morgan fingerprint density at radius 3 is 2.31 bits per heavy atom. The Kier molecular flexibility index (Phi) is 4.97. The van der Waals surface area contributed by atoms with E-state index in [1.165, 1.54) is 5.56 Å². The molecule has 0 heterocycles. The minimum absolute atomic E-state index is 0.0372. The molecule has 2 heteroatoms. The van der Waals surface area contributed by atoms with Gasteiger partial charge in [0.1, 0.15) is 0 Å². The topological polar surface area (TPSA) is 38.0 Å². The molecule has 0 saturated heterocycles. The SMILES string of the molecule is CCC(CN)(Cc1ccccc1)NC(C)C. The van der Waals surface area contributed by atoms with Crippen LogP contribution in [-0.4, -0.2) is 18.1 Å². The van der Waals surface area contributed by atoms with Gasteiger partial charge in [0, 0.05) is 18.1 Å². The molecule has 0 fully saturated rings. The summed E-state index contributed by atoms with van der Waals surface area (Å²) in [6, 6.07) is 11.0. The summed E-state index contributed by atoms with van der Waals surface area (Å²) >= 11 is 0. The Hall–Kier alpha value is -0.860. The van der Waals surface area contributed by atoms with Gasteiger partial charge >= 0.3 is 0 Å². The summed E-state index contributed by atoms with van der Waals surface area (Å²) < 4.78 is 0. The number of hydrogen-bond donors (Lipinski definition) is 2. The van der Waals surface area contributed by atoms with Crippen molar-refractivity contribution in [3.05, 3.63) is 35.9 Å². The van der Waals surface area contributed by atoms with Crippen molar-refractivity contribution in [3.63, 3.8) is 0 Å². The van der Waals surface area contributed by atoms with E-state index in [1.807, 2.05) is 0 Å². The normalized spacial score (nSPS) is 15.1. The van der Waals surface area contributed by atoms with Crippen molar-refractivity contribution < 1.29 is 0 Å². The molecule has 1 aromatic rings. The second-order valence-corrected chi connectivity index (χ2v) is 4.80. The third-order valence-corrected chi connectivity index (χ3v) is 3.05. The molecule has 0 aliphatic carbocycles. The largest absolute Gasteiger partial charge is 0.329 e. The van der Waals surface area contributed by atoms with E-state index < -0.39 is 0 Å². The van der Waals surface area contributed by atoms with Crippen LogP contribution in [0.1, 0.15) is 32.8 Å². The van der Waals surface area contributed by atoms with Gasteiger partial charge in [-0.3, -0.25) is 0 Å². The Morgan fingerprint density at radius 2 is 1.88 bits per heavy atom. The second-order valence-electron chi connectivity index (χ2n) is 4.80. The maximum Gasteiger partial charge on any atom is 0.0344 e. The highest BCUT2D eigenvalue weighted by Crippen LogP contribution is 2.17. The molecule has 0 aliphatic heterocycles. The van der Waals surface area contributed by atoms with Crippen LogP contribution in [0.2, 0.25) is 0 Å². The first-order valence-corrected chi connectivity index (χ1v) is 6.13. The molecule has 0 bridgehead atoms. The minimum atomic E-state index is 0.0372. The summed E-state index contributed by atoms with van der Waals surface area (Å²) in [6.07, 6.45) is 2.05. The Morgan fingerprint density at radius 1 is 1.25 bits per heavy atom. The molecule has 2 nitrogen and oxygen atoms in total. The van der Waals surface area contributed by atoms with Crippen LogP contribution in [0.25, 0.3) is 0 Å². The standard InChI is InChI=1S/C14H24N2/c1-4-14(11-15,16-12(2)3)10-13-8-6-5-7-9-13/h5-9,12,16H,4,10-11,15H2,1-3H3. The van der Waals surface area contributed by atoms with Crippen molar-refractivity contribution in [2.75, 3.05) is 6.54 Å². The van der Waals surface area contributed by atoms with Crippen LogP contribution >= 0.6 is 0 Å². The zero-order chi connectivity index (χ0) is 12.0. The lowest BCUT2D eigenvalue weighted by Gasteiger charge is -2.35. The van der Waals surface area contributed by atoms with E-state index in [9.17, 15) is 0 Å². The zero-order valence-corrected chi connectivity index (χ0v) is 10.7. The van der Waals surface area contributed by atoms with E-state index >= 15 is 0 Å². The van der Waals surface area contributed by atoms with Crippen molar-refractivity contribution in [1.29, 1.82) is 0 Å². The van der Waals surface area contributed by atoms with Crippen molar-refractivity contribution in [2.24, 2.45) is 5.73 Å². The van der Waals surface area contributed by atoms with Gasteiger partial charge in [0.15, 0.2) is 0 Å². The van der Waals surface area contributed by atoms with Crippen LogP contribution in [0.5, 0.6) is 0 Å². The molecular weight excluding hydrogens is 196 g/mol. The van der Waals surface area contributed by atoms with Gasteiger partial charge in [-0.1, -0.05) is 51.1 Å². The lowest BCUT2D eigenvalue weighted by molar-refractivity contribution is 0.293. The average Bonchev–Trinajstić information content (AvgIpc) is 2.29. The van der Waals surface area contributed by atoms with Crippen LogP contribution in [-0.2, 0) is 6.42 Å². The maximum absolute atomic E-state index is 5.95. The summed E-state index contributed by atoms with van der Waals surface area (Å²) in [7, 11) is 0. The van der Waals surface area contributed by atoms with E-state index in [0.717, 1.165) is 12.8 Å². The van der Waals surface area contributed by atoms with Crippen molar-refractivity contribution >= 4 is 0 Å². The van der Waals surface area contributed by atoms with Gasteiger partial charge in [0.05, 0.1) is 0 Å². The Balaban J connectivity index is 2.78. The molecule has 0 aliphatic rings. The first-order valence-electron chi connectivity index (χ1n) is 6.13. The molecule has 1 unspecified atom stereocenters. The fourth-order valence-corrected chi connectivity index (χ4v) is 2.15. The molecule has 3 N–H and O–H groups in total. The predicted octanol–water partition coefficient (Wildman–Crippen LogP) is 2.33. The Labute approximate surface area is 99.2 Å². The van der Waals surface area contributed by atoms with E-state index in [0.29, 0.717) is 12.6 Å². The van der Waals surface area contributed by atoms with E-state index in [4.69, 9.17) is 5.73 Å². The van der Waals surface area contributed by atoms with Gasteiger partial charge < -0.3 is 11.1 Å². The fraction of sp³-hybridized carbons (Fsp3) is 0.571. The molecule has 0 spiro atoms. The van der Waals surface area contributed by atoms with Crippen molar-refractivity contribution in [3.8, 4) is 0 Å². The highest BCUT2D eigenvalue weighted by molar-refractivity contribution is 5.18. The second kappa shape index (κ2) is 6.02. The van der Waals surface area contributed by atoms with Crippen molar-refractivity contribution in [2.45, 2.75) is 45.2 Å². The average molecular weight is 220 g/mol. The minimum Gasteiger partial charge on any atom is -0.329 e. The molecule has 0 saturated carbocycles. The van der Waals surface area contributed by atoms with Gasteiger partial charge in [0.2, 0.25) is 0 Å². The number of rotatable bonds is 6. The number of nitrogens with one attached hydrogen (secondary N) is 1. The predicted molar refractivity (Wildman–Crippen MR) is 70.5 cm³/mol. The van der Waals surface area contributed by atoms with Gasteiger partial charge in [0.25, 0.3) is 0 Å². The first-order chi connectivity index (χ1) is 7.62. The van der Waals surface area contributed by atoms with Gasteiger partial charge in [-0.05, 0) is 18.4 Å². The smallest absolute Gasteiger partial charge is 0.0344 e. The van der Waals surface area contributed by atoms with Gasteiger partial charge in [-0.2, -0.15) is 0 Å². The quantitative estimate of drug-likeness (QED) is 0.772. The fourth-order valence-electron chi connectivity index (χ4n) is 2.15. The molecule has 1 rings (SSSR count). The Bertz CT molecular complexity index is 289. The van der Waals surface area contributed by atoms with Crippen LogP contribution in [0.15, 0.2) is 30.3 Å². The summed E-state index contributed by atoms with van der Waals surface area (Å²) in [4.78, 5) is 0. The number of nitrogens with two attached hydrogens (primary N) is 1. The lowest BCUT2D eigenvalue weighted by atomic mass is 9.87. The van der Waals surface area contributed by atoms with Crippen LogP contribution in [0, 0.1) is 0 Å². The lowest BCUT2D eigenvalue weighted by Crippen LogP contribution is -2.55. The zero-order valence-electron chi connectivity index (χ0n) is 10.7. The van der Waals surface area contributed by atoms with E-state index in [1.54, 1.807) is 0 Å². The van der Waals surface area contributed by atoms with Gasteiger partial charge in [-0.15, -0.1) is 0 Å². The number of benzene rings is 1. The third-order valence-electron chi connectivity index (χ3n) is 3.05. The molecular formula is C14H24N2. The highest BCUT2D eigenvalue weighted by Gasteiger charge is 2.26. The van der Waals surface area contributed by atoms with E-state index in [2.05, 4.69) is 56.4 Å². The van der Waals surface area contributed by atoms with Gasteiger partial charge in [-0.25, -0.2) is 0 Å². The van der Waals surface area contributed by atoms with Crippen LogP contribution < -0.4 is 11.1 Å². The first kappa shape index (κ1) is 13.2. The maximum atomic E-state index is 5.95. The molecule has 1 atom stereocenters. The summed E-state index contributed by atoms with van der Waals surface area (Å²) in [5, 5.41) is 3.62. The molecule has 0 aromatic heterocycles. The molecule has 0 radical (unpaired) electrons. The molecule has 90 valence electrons. The third kappa shape index (κ3) is 3.62. The molecule has 0 amide bonds. The number of hydrogen-bond acceptors (Lipinski definition) is 2. The van der Waals surface area contributed by atoms with Crippen LogP contribution in [0.3, 0.4) is 0 Å². The van der Waals surface area contributed by atoms with E-state index in [-0.39, 0.29) is 5.54 Å².